The van der Waals surface area contributed by atoms with Gasteiger partial charge in [0.1, 0.15) is 11.9 Å². The van der Waals surface area contributed by atoms with Crippen molar-refractivity contribution in [1.29, 1.82) is 0 Å². The van der Waals surface area contributed by atoms with Gasteiger partial charge in [-0.25, -0.2) is 0 Å². The monoisotopic (exact) mass is 411 g/mol. The van der Waals surface area contributed by atoms with E-state index in [0.717, 1.165) is 62.7 Å². The normalized spacial score (nSPS) is 25.8. The van der Waals surface area contributed by atoms with Crippen LogP contribution in [0.3, 0.4) is 0 Å². The number of hydrogen-bond donors (Lipinski definition) is 0. The van der Waals surface area contributed by atoms with Crippen molar-refractivity contribution in [3.8, 4) is 5.75 Å². The van der Waals surface area contributed by atoms with Gasteiger partial charge in [-0.3, -0.25) is 9.59 Å². The predicted molar refractivity (Wildman–Crippen MR) is 115 cm³/mol. The quantitative estimate of drug-likeness (QED) is 0.567. The summed E-state index contributed by atoms with van der Waals surface area (Å²) in [6.45, 7) is 5.58. The molecule has 5 nitrogen and oxygen atoms in total. The van der Waals surface area contributed by atoms with Crippen LogP contribution >= 0.6 is 0 Å². The molecule has 30 heavy (non-hydrogen) atoms. The van der Waals surface area contributed by atoms with E-state index >= 15 is 0 Å². The molecule has 1 fully saturated rings. The second-order valence-corrected chi connectivity index (χ2v) is 8.68. The molecule has 5 heteroatoms. The fourth-order valence-electron chi connectivity index (χ4n) is 4.88. The molecule has 3 atom stereocenters. The van der Waals surface area contributed by atoms with Crippen molar-refractivity contribution >= 4 is 11.7 Å². The molecule has 1 aromatic carbocycles. The maximum atomic E-state index is 13.5. The second kappa shape index (κ2) is 9.23. The Labute approximate surface area is 179 Å². The van der Waals surface area contributed by atoms with Crippen molar-refractivity contribution in [1.82, 2.24) is 4.90 Å². The Hall–Kier alpha value is -2.30. The minimum Gasteiger partial charge on any atom is -0.494 e. The third-order valence-electron chi connectivity index (χ3n) is 6.57. The zero-order chi connectivity index (χ0) is 21.1. The van der Waals surface area contributed by atoms with Gasteiger partial charge < -0.3 is 14.4 Å². The highest BCUT2D eigenvalue weighted by atomic mass is 16.5. The topological polar surface area (TPSA) is 55.8 Å². The number of rotatable bonds is 8. The molecule has 0 saturated heterocycles. The number of carbonyl (C=O) groups is 2. The van der Waals surface area contributed by atoms with Gasteiger partial charge in [0.25, 0.3) is 5.91 Å². The molecule has 1 aliphatic carbocycles. The number of carbonyl (C=O) groups excluding carboxylic acids is 2. The summed E-state index contributed by atoms with van der Waals surface area (Å²) in [6, 6.07) is 7.54. The molecule has 4 rings (SSSR count). The highest BCUT2D eigenvalue weighted by molar-refractivity contribution is 6.11. The van der Waals surface area contributed by atoms with Crippen LogP contribution in [0.1, 0.15) is 76.8 Å². The van der Waals surface area contributed by atoms with Gasteiger partial charge in [-0.15, -0.1) is 0 Å². The van der Waals surface area contributed by atoms with Crippen molar-refractivity contribution in [2.75, 3.05) is 13.2 Å². The first-order chi connectivity index (χ1) is 14.7. The number of ether oxygens (including phenoxy) is 2. The molecule has 3 aliphatic rings. The van der Waals surface area contributed by atoms with Gasteiger partial charge in [-0.05, 0) is 49.8 Å². The standard InChI is InChI=1S/C25H33NO4/c1-3-5-15-26-22(17-11-13-18(14-12-17)29-16-6-4-2)21-23(27)19-9-7-8-10-20(19)30-24(21)25(26)28/h11-14,19-20,22H,3-10,15-16H2,1-2H3. The average Bonchev–Trinajstić information content (AvgIpc) is 3.05. The van der Waals surface area contributed by atoms with E-state index in [1.54, 1.807) is 0 Å². The predicted octanol–water partition coefficient (Wildman–Crippen LogP) is 4.96. The highest BCUT2D eigenvalue weighted by Crippen LogP contribution is 2.46. The van der Waals surface area contributed by atoms with Gasteiger partial charge in [-0.2, -0.15) is 0 Å². The summed E-state index contributed by atoms with van der Waals surface area (Å²) < 4.78 is 12.0. The second-order valence-electron chi connectivity index (χ2n) is 8.68. The molecule has 2 heterocycles. The molecule has 162 valence electrons. The number of benzene rings is 1. The van der Waals surface area contributed by atoms with Crippen LogP contribution in [0.15, 0.2) is 35.6 Å². The Bertz CT molecular complexity index is 813. The van der Waals surface area contributed by atoms with Gasteiger partial charge in [-0.1, -0.05) is 45.2 Å². The van der Waals surface area contributed by atoms with Crippen LogP contribution in [-0.2, 0) is 14.3 Å². The van der Waals surface area contributed by atoms with E-state index in [4.69, 9.17) is 9.47 Å². The van der Waals surface area contributed by atoms with Crippen molar-refractivity contribution < 1.29 is 19.1 Å². The third-order valence-corrected chi connectivity index (χ3v) is 6.57. The fourth-order valence-corrected chi connectivity index (χ4v) is 4.88. The lowest BCUT2D eigenvalue weighted by atomic mass is 9.77. The Kier molecular flexibility index (Phi) is 6.45. The van der Waals surface area contributed by atoms with E-state index in [1.165, 1.54) is 0 Å². The number of nitrogens with zero attached hydrogens (tertiary/aromatic N) is 1. The molecule has 0 aromatic heterocycles. The summed E-state index contributed by atoms with van der Waals surface area (Å²) in [7, 11) is 0. The Balaban J connectivity index is 1.65. The maximum Gasteiger partial charge on any atom is 0.290 e. The lowest BCUT2D eigenvalue weighted by Crippen LogP contribution is -2.39. The van der Waals surface area contributed by atoms with Crippen molar-refractivity contribution in [3.05, 3.63) is 41.2 Å². The molecule has 0 N–H and O–H groups in total. The molecular formula is C25H33NO4. The Morgan fingerprint density at radius 1 is 1.03 bits per heavy atom. The molecule has 0 spiro atoms. The van der Waals surface area contributed by atoms with Crippen molar-refractivity contribution in [2.45, 2.75) is 77.4 Å². The molecule has 1 aromatic rings. The third kappa shape index (κ3) is 3.86. The number of amides is 1. The SMILES string of the molecule is CCCCOc1ccc(C2C3=C(OC4CCCCC4C3=O)C(=O)N2CCCC)cc1. The number of hydrogen-bond acceptors (Lipinski definition) is 4. The van der Waals surface area contributed by atoms with Crippen LogP contribution in [0, 0.1) is 5.92 Å². The lowest BCUT2D eigenvalue weighted by Gasteiger charge is -2.35. The van der Waals surface area contributed by atoms with Crippen LogP contribution < -0.4 is 4.74 Å². The van der Waals surface area contributed by atoms with Gasteiger partial charge in [0.2, 0.25) is 0 Å². The van der Waals surface area contributed by atoms with Crippen molar-refractivity contribution in [3.63, 3.8) is 0 Å². The summed E-state index contributed by atoms with van der Waals surface area (Å²) >= 11 is 0. The number of Topliss-reactive ketones (excluding diaryl/α,β-unsaturated/α-hetero) is 1. The first-order valence-electron chi connectivity index (χ1n) is 11.6. The fraction of sp³-hybridized carbons (Fsp3) is 0.600. The minimum atomic E-state index is -0.348. The van der Waals surface area contributed by atoms with E-state index in [9.17, 15) is 9.59 Å². The molecule has 3 unspecified atom stereocenters. The number of fused-ring (bicyclic) bond motifs is 1. The molecule has 2 aliphatic heterocycles. The van der Waals surface area contributed by atoms with Crippen LogP contribution in [0.4, 0.5) is 0 Å². The van der Waals surface area contributed by atoms with Crippen LogP contribution in [0.2, 0.25) is 0 Å². The largest absolute Gasteiger partial charge is 0.494 e. The summed E-state index contributed by atoms with van der Waals surface area (Å²) in [6.07, 6.45) is 7.73. The number of unbranched alkanes of at least 4 members (excludes halogenated alkanes) is 2. The van der Waals surface area contributed by atoms with E-state index in [-0.39, 0.29) is 29.8 Å². The molecule has 0 radical (unpaired) electrons. The summed E-state index contributed by atoms with van der Waals surface area (Å²) in [5.41, 5.74) is 1.54. The zero-order valence-corrected chi connectivity index (χ0v) is 18.2. The van der Waals surface area contributed by atoms with Crippen LogP contribution in [-0.4, -0.2) is 35.8 Å². The first kappa shape index (κ1) is 21.0. The molecular weight excluding hydrogens is 378 g/mol. The molecule has 1 saturated carbocycles. The van der Waals surface area contributed by atoms with Gasteiger partial charge >= 0.3 is 0 Å². The Morgan fingerprint density at radius 2 is 1.77 bits per heavy atom. The highest BCUT2D eigenvalue weighted by Gasteiger charge is 2.51. The smallest absolute Gasteiger partial charge is 0.290 e. The number of ketones is 1. The van der Waals surface area contributed by atoms with Crippen molar-refractivity contribution in [2.24, 2.45) is 5.92 Å². The molecule has 0 bridgehead atoms. The zero-order valence-electron chi connectivity index (χ0n) is 18.2. The summed E-state index contributed by atoms with van der Waals surface area (Å²) in [4.78, 5) is 28.6. The van der Waals surface area contributed by atoms with E-state index in [2.05, 4.69) is 13.8 Å². The Morgan fingerprint density at radius 3 is 2.50 bits per heavy atom. The van der Waals surface area contributed by atoms with Gasteiger partial charge in [0, 0.05) is 6.54 Å². The van der Waals surface area contributed by atoms with Crippen LogP contribution in [0.25, 0.3) is 0 Å². The van der Waals surface area contributed by atoms with E-state index in [0.29, 0.717) is 24.5 Å². The maximum absolute atomic E-state index is 13.5. The van der Waals surface area contributed by atoms with E-state index < -0.39 is 0 Å². The van der Waals surface area contributed by atoms with Gasteiger partial charge in [0.15, 0.2) is 11.5 Å². The molecule has 1 amide bonds. The summed E-state index contributed by atoms with van der Waals surface area (Å²) in [5, 5.41) is 0. The van der Waals surface area contributed by atoms with Gasteiger partial charge in [0.05, 0.1) is 24.1 Å². The van der Waals surface area contributed by atoms with Crippen LogP contribution in [0.5, 0.6) is 5.75 Å². The lowest BCUT2D eigenvalue weighted by molar-refractivity contribution is -0.135. The average molecular weight is 412 g/mol. The van der Waals surface area contributed by atoms with E-state index in [1.807, 2.05) is 29.2 Å². The minimum absolute atomic E-state index is 0.101. The summed E-state index contributed by atoms with van der Waals surface area (Å²) in [5.74, 6) is 1.04. The first-order valence-corrected chi connectivity index (χ1v) is 11.6.